The van der Waals surface area contributed by atoms with Gasteiger partial charge in [-0.05, 0) is 23.8 Å². The molecule has 0 aliphatic carbocycles. The van der Waals surface area contributed by atoms with Gasteiger partial charge in [0.05, 0.1) is 0 Å². The molecule has 92 valence electrons. The van der Waals surface area contributed by atoms with Crippen molar-refractivity contribution in [3.63, 3.8) is 0 Å². The van der Waals surface area contributed by atoms with E-state index in [4.69, 9.17) is 15.9 Å². The van der Waals surface area contributed by atoms with E-state index in [0.29, 0.717) is 18.1 Å². The Balaban J connectivity index is 2.04. The van der Waals surface area contributed by atoms with Gasteiger partial charge in [-0.25, -0.2) is 0 Å². The molecule has 5 heteroatoms. The number of nitrogens with two attached hydrogens (primary N) is 1. The van der Waals surface area contributed by atoms with Gasteiger partial charge in [0.2, 0.25) is 0 Å². The van der Waals surface area contributed by atoms with Gasteiger partial charge in [-0.3, -0.25) is 10.4 Å². The molecule has 0 amide bonds. The molecule has 1 aromatic carbocycles. The van der Waals surface area contributed by atoms with Crippen LogP contribution in [0.3, 0.4) is 0 Å². The second-order valence-electron chi connectivity index (χ2n) is 3.71. The minimum Gasteiger partial charge on any atom is -0.489 e. The summed E-state index contributed by atoms with van der Waals surface area (Å²) in [6, 6.07) is 11.3. The van der Waals surface area contributed by atoms with Gasteiger partial charge in [-0.1, -0.05) is 28.1 Å². The Kier molecular flexibility index (Phi) is 3.94. The van der Waals surface area contributed by atoms with Gasteiger partial charge < -0.3 is 10.5 Å². The van der Waals surface area contributed by atoms with Gasteiger partial charge in [0, 0.05) is 16.7 Å². The average Bonchev–Trinajstić information content (AvgIpc) is 2.38. The van der Waals surface area contributed by atoms with Crippen molar-refractivity contribution < 1.29 is 4.74 Å². The third-order valence-electron chi connectivity index (χ3n) is 2.33. The lowest BCUT2D eigenvalue weighted by atomic mass is 10.2. The van der Waals surface area contributed by atoms with Crippen LogP contribution < -0.4 is 10.5 Å². The predicted octanol–water partition coefficient (Wildman–Crippen LogP) is 2.71. The molecule has 2 rings (SSSR count). The van der Waals surface area contributed by atoms with Crippen LogP contribution in [0.2, 0.25) is 0 Å². The molecule has 1 aromatic heterocycles. The first-order chi connectivity index (χ1) is 8.65. The van der Waals surface area contributed by atoms with Crippen LogP contribution in [-0.4, -0.2) is 10.8 Å². The number of nitrogen functional groups attached to an aromatic ring is 1. The molecule has 0 atom stereocenters. The Hall–Kier alpha value is -1.88. The molecular formula is C13H12BrN3O. The lowest BCUT2D eigenvalue weighted by Crippen LogP contribution is -2.13. The summed E-state index contributed by atoms with van der Waals surface area (Å²) in [6.07, 6.45) is 1.58. The van der Waals surface area contributed by atoms with Gasteiger partial charge in [0.25, 0.3) is 0 Å². The number of halogens is 1. The molecule has 3 N–H and O–H groups in total. The van der Waals surface area contributed by atoms with Crippen LogP contribution in [0, 0.1) is 5.41 Å². The topological polar surface area (TPSA) is 72.0 Å². The first-order valence-corrected chi connectivity index (χ1v) is 6.12. The summed E-state index contributed by atoms with van der Waals surface area (Å²) in [5.74, 6) is 0.585. The van der Waals surface area contributed by atoms with E-state index in [1.807, 2.05) is 24.3 Å². The summed E-state index contributed by atoms with van der Waals surface area (Å²) in [5.41, 5.74) is 6.86. The standard InChI is InChI=1S/C13H12BrN3O/c14-10-3-1-9(2-4-10)8-18-11-5-6-17-12(7-11)13(15)16/h1-7H,8H2,(H3,15,16). The Labute approximate surface area is 113 Å². The smallest absolute Gasteiger partial charge is 0.141 e. The summed E-state index contributed by atoms with van der Waals surface area (Å²) < 4.78 is 6.65. The number of amidine groups is 1. The molecule has 1 heterocycles. The number of benzene rings is 1. The number of nitrogens with one attached hydrogen (secondary N) is 1. The Bertz CT molecular complexity index is 554. The van der Waals surface area contributed by atoms with Crippen LogP contribution in [0.4, 0.5) is 0 Å². The molecule has 0 aliphatic heterocycles. The number of ether oxygens (including phenoxy) is 1. The van der Waals surface area contributed by atoms with Crippen LogP contribution >= 0.6 is 15.9 Å². The van der Waals surface area contributed by atoms with Crippen molar-refractivity contribution in [1.82, 2.24) is 4.98 Å². The molecule has 18 heavy (non-hydrogen) atoms. The molecule has 2 aromatic rings. The Morgan fingerprint density at radius 1 is 1.28 bits per heavy atom. The molecule has 0 spiro atoms. The van der Waals surface area contributed by atoms with Crippen LogP contribution in [0.25, 0.3) is 0 Å². The number of pyridine rings is 1. The fraction of sp³-hybridized carbons (Fsp3) is 0.0769. The van der Waals surface area contributed by atoms with Crippen LogP contribution in [-0.2, 0) is 6.61 Å². The van der Waals surface area contributed by atoms with Crippen molar-refractivity contribution in [2.45, 2.75) is 6.61 Å². The third kappa shape index (κ3) is 3.30. The van der Waals surface area contributed by atoms with Crippen molar-refractivity contribution in [1.29, 1.82) is 5.41 Å². The van der Waals surface area contributed by atoms with Crippen molar-refractivity contribution in [3.8, 4) is 5.75 Å². The second-order valence-corrected chi connectivity index (χ2v) is 4.62. The summed E-state index contributed by atoms with van der Waals surface area (Å²) in [5, 5.41) is 7.31. The monoisotopic (exact) mass is 305 g/mol. The lowest BCUT2D eigenvalue weighted by molar-refractivity contribution is 0.306. The van der Waals surface area contributed by atoms with E-state index in [-0.39, 0.29) is 5.84 Å². The highest BCUT2D eigenvalue weighted by Gasteiger charge is 2.01. The Morgan fingerprint density at radius 2 is 2.00 bits per heavy atom. The largest absolute Gasteiger partial charge is 0.489 e. The zero-order chi connectivity index (χ0) is 13.0. The number of hydrogen-bond donors (Lipinski definition) is 2. The maximum absolute atomic E-state index is 7.31. The molecular weight excluding hydrogens is 294 g/mol. The fourth-order valence-electron chi connectivity index (χ4n) is 1.40. The Morgan fingerprint density at radius 3 is 2.67 bits per heavy atom. The first-order valence-electron chi connectivity index (χ1n) is 5.33. The zero-order valence-corrected chi connectivity index (χ0v) is 11.1. The first kappa shape index (κ1) is 12.6. The van der Waals surface area contributed by atoms with Gasteiger partial charge in [-0.2, -0.15) is 0 Å². The van der Waals surface area contributed by atoms with Gasteiger partial charge >= 0.3 is 0 Å². The van der Waals surface area contributed by atoms with Crippen molar-refractivity contribution in [2.75, 3.05) is 0 Å². The molecule has 0 fully saturated rings. The van der Waals surface area contributed by atoms with Gasteiger partial charge in [0.15, 0.2) is 0 Å². The lowest BCUT2D eigenvalue weighted by Gasteiger charge is -2.07. The quantitative estimate of drug-likeness (QED) is 0.674. The van der Waals surface area contributed by atoms with E-state index in [1.165, 1.54) is 0 Å². The van der Waals surface area contributed by atoms with Crippen LogP contribution in [0.5, 0.6) is 5.75 Å². The summed E-state index contributed by atoms with van der Waals surface area (Å²) in [7, 11) is 0. The molecule has 0 saturated carbocycles. The number of nitrogens with zero attached hydrogens (tertiary/aromatic N) is 1. The van der Waals surface area contributed by atoms with Gasteiger partial charge in [-0.15, -0.1) is 0 Å². The van der Waals surface area contributed by atoms with E-state index in [1.54, 1.807) is 18.3 Å². The molecule has 0 aliphatic rings. The third-order valence-corrected chi connectivity index (χ3v) is 2.85. The zero-order valence-electron chi connectivity index (χ0n) is 9.56. The normalized spacial score (nSPS) is 10.1. The molecule has 0 radical (unpaired) electrons. The van der Waals surface area contributed by atoms with E-state index < -0.39 is 0 Å². The summed E-state index contributed by atoms with van der Waals surface area (Å²) in [4.78, 5) is 3.97. The highest BCUT2D eigenvalue weighted by molar-refractivity contribution is 9.10. The molecule has 0 unspecified atom stereocenters. The average molecular weight is 306 g/mol. The van der Waals surface area contributed by atoms with Crippen LogP contribution in [0.1, 0.15) is 11.3 Å². The molecule has 4 nitrogen and oxygen atoms in total. The van der Waals surface area contributed by atoms with E-state index in [9.17, 15) is 0 Å². The maximum atomic E-state index is 7.31. The number of rotatable bonds is 4. The summed E-state index contributed by atoms with van der Waals surface area (Å²) >= 11 is 3.38. The SMILES string of the molecule is N=C(N)c1cc(OCc2ccc(Br)cc2)ccn1. The van der Waals surface area contributed by atoms with Crippen molar-refractivity contribution in [2.24, 2.45) is 5.73 Å². The van der Waals surface area contributed by atoms with E-state index in [0.717, 1.165) is 10.0 Å². The minimum atomic E-state index is -0.0657. The predicted molar refractivity (Wildman–Crippen MR) is 73.7 cm³/mol. The number of aromatic nitrogens is 1. The van der Waals surface area contributed by atoms with Crippen molar-refractivity contribution in [3.05, 3.63) is 58.3 Å². The second kappa shape index (κ2) is 5.64. The highest BCUT2D eigenvalue weighted by Crippen LogP contribution is 2.15. The van der Waals surface area contributed by atoms with E-state index >= 15 is 0 Å². The van der Waals surface area contributed by atoms with Gasteiger partial charge in [0.1, 0.15) is 23.9 Å². The van der Waals surface area contributed by atoms with Crippen LogP contribution in [0.15, 0.2) is 47.1 Å². The fourth-order valence-corrected chi connectivity index (χ4v) is 1.66. The maximum Gasteiger partial charge on any atom is 0.141 e. The molecule has 0 bridgehead atoms. The number of hydrogen-bond acceptors (Lipinski definition) is 3. The highest BCUT2D eigenvalue weighted by atomic mass is 79.9. The van der Waals surface area contributed by atoms with Crippen molar-refractivity contribution >= 4 is 21.8 Å². The molecule has 0 saturated heterocycles. The minimum absolute atomic E-state index is 0.0657. The van der Waals surface area contributed by atoms with E-state index in [2.05, 4.69) is 20.9 Å². The summed E-state index contributed by atoms with van der Waals surface area (Å²) in [6.45, 7) is 0.467.